The predicted octanol–water partition coefficient (Wildman–Crippen LogP) is 3.61. The van der Waals surface area contributed by atoms with Crippen molar-refractivity contribution in [3.63, 3.8) is 0 Å². The summed E-state index contributed by atoms with van der Waals surface area (Å²) in [6, 6.07) is 5.19. The number of rotatable bonds is 2. The van der Waals surface area contributed by atoms with Crippen molar-refractivity contribution < 1.29 is 5.11 Å². The lowest BCUT2D eigenvalue weighted by Gasteiger charge is -2.29. The molecule has 4 heteroatoms. The van der Waals surface area contributed by atoms with E-state index in [1.54, 1.807) is 12.1 Å². The van der Waals surface area contributed by atoms with Crippen LogP contribution < -0.4 is 5.73 Å². The molecule has 0 radical (unpaired) electrons. The number of halogens is 1. The Morgan fingerprint density at radius 1 is 1.33 bits per heavy atom. The first-order valence-corrected chi connectivity index (χ1v) is 7.11. The molecule has 0 aliphatic heterocycles. The van der Waals surface area contributed by atoms with Crippen LogP contribution in [0.1, 0.15) is 49.3 Å². The smallest absolute Gasteiger partial charge is 0.139 e. The van der Waals surface area contributed by atoms with Gasteiger partial charge in [0.2, 0.25) is 0 Å². The average molecular weight is 309 g/mol. The second-order valence-electron chi connectivity index (χ2n) is 4.89. The number of phenols is 1. The number of nitrogens with zero attached hydrogens (tertiary/aromatic N) is 1. The fraction of sp³-hybridized carbons (Fsp3) is 0.500. The van der Waals surface area contributed by atoms with E-state index in [-0.39, 0.29) is 11.8 Å². The van der Waals surface area contributed by atoms with Gasteiger partial charge in [0.15, 0.2) is 0 Å². The molecule has 18 heavy (non-hydrogen) atoms. The highest BCUT2D eigenvalue weighted by atomic mass is 79.9. The largest absolute Gasteiger partial charge is 0.506 e. The van der Waals surface area contributed by atoms with Crippen molar-refractivity contribution >= 4 is 15.9 Å². The third-order valence-corrected chi connectivity index (χ3v) is 4.47. The molecule has 0 saturated heterocycles. The lowest BCUT2D eigenvalue weighted by molar-refractivity contribution is 0.302. The molecule has 3 N–H and O–H groups in total. The van der Waals surface area contributed by atoms with Gasteiger partial charge < -0.3 is 10.8 Å². The molecule has 1 aromatic rings. The first-order chi connectivity index (χ1) is 8.65. The summed E-state index contributed by atoms with van der Waals surface area (Å²) in [4.78, 5) is 0. The molecule has 1 aliphatic carbocycles. The average Bonchev–Trinajstić information content (AvgIpc) is 2.40. The minimum Gasteiger partial charge on any atom is -0.506 e. The van der Waals surface area contributed by atoms with Gasteiger partial charge in [-0.05, 0) is 30.9 Å². The zero-order valence-electron chi connectivity index (χ0n) is 10.2. The molecule has 96 valence electrons. The van der Waals surface area contributed by atoms with E-state index in [0.717, 1.165) is 17.3 Å². The lowest BCUT2D eigenvalue weighted by atomic mass is 9.81. The standard InChI is InChI=1S/C14H17BrN2O/c15-11-7-6-10(8-16)14(18)12(11)13(17)9-4-2-1-3-5-9/h6-7,9,13,18H,1-5,17H2/t13-/m1/s1. The van der Waals surface area contributed by atoms with Gasteiger partial charge in [-0.1, -0.05) is 35.2 Å². The van der Waals surface area contributed by atoms with E-state index < -0.39 is 0 Å². The van der Waals surface area contributed by atoms with E-state index in [2.05, 4.69) is 15.9 Å². The molecule has 0 spiro atoms. The SMILES string of the molecule is N#Cc1ccc(Br)c([C@H](N)C2CCCCC2)c1O. The third-order valence-electron chi connectivity index (χ3n) is 3.78. The summed E-state index contributed by atoms with van der Waals surface area (Å²) in [6.45, 7) is 0. The summed E-state index contributed by atoms with van der Waals surface area (Å²) >= 11 is 3.43. The number of nitriles is 1. The zero-order valence-corrected chi connectivity index (χ0v) is 11.8. The number of phenolic OH excluding ortho intramolecular Hbond substituents is 1. The molecular formula is C14H17BrN2O. The van der Waals surface area contributed by atoms with Crippen molar-refractivity contribution in [3.05, 3.63) is 27.7 Å². The third kappa shape index (κ3) is 2.52. The minimum absolute atomic E-state index is 0.0324. The molecule has 1 fully saturated rings. The van der Waals surface area contributed by atoms with E-state index in [1.165, 1.54) is 19.3 Å². The van der Waals surface area contributed by atoms with E-state index in [0.29, 0.717) is 17.0 Å². The highest BCUT2D eigenvalue weighted by Gasteiger charge is 2.26. The topological polar surface area (TPSA) is 70.0 Å². The molecule has 0 unspecified atom stereocenters. The first-order valence-electron chi connectivity index (χ1n) is 6.32. The highest BCUT2D eigenvalue weighted by molar-refractivity contribution is 9.10. The maximum atomic E-state index is 10.1. The van der Waals surface area contributed by atoms with Gasteiger partial charge >= 0.3 is 0 Å². The van der Waals surface area contributed by atoms with Crippen LogP contribution in [0, 0.1) is 17.2 Å². The monoisotopic (exact) mass is 308 g/mol. The molecule has 0 bridgehead atoms. The molecule has 1 saturated carbocycles. The van der Waals surface area contributed by atoms with Gasteiger partial charge in [-0.25, -0.2) is 0 Å². The van der Waals surface area contributed by atoms with Gasteiger partial charge in [0.25, 0.3) is 0 Å². The van der Waals surface area contributed by atoms with Gasteiger partial charge in [-0.2, -0.15) is 5.26 Å². The van der Waals surface area contributed by atoms with E-state index in [4.69, 9.17) is 11.0 Å². The molecular weight excluding hydrogens is 292 g/mol. The molecule has 3 nitrogen and oxygen atoms in total. The van der Waals surface area contributed by atoms with Crippen molar-refractivity contribution in [3.8, 4) is 11.8 Å². The Bertz CT molecular complexity index is 475. The second-order valence-corrected chi connectivity index (χ2v) is 5.75. The van der Waals surface area contributed by atoms with Crippen molar-refractivity contribution in [2.45, 2.75) is 38.1 Å². The van der Waals surface area contributed by atoms with Crippen molar-refractivity contribution in [2.24, 2.45) is 11.7 Å². The number of benzene rings is 1. The Labute approximate surface area is 116 Å². The Kier molecular flexibility index (Phi) is 4.26. The molecule has 1 aromatic carbocycles. The first kappa shape index (κ1) is 13.4. The molecule has 1 atom stereocenters. The molecule has 0 amide bonds. The summed E-state index contributed by atoms with van der Waals surface area (Å²) in [6.07, 6.45) is 5.88. The van der Waals surface area contributed by atoms with Crippen molar-refractivity contribution in [1.82, 2.24) is 0 Å². The van der Waals surface area contributed by atoms with Crippen LogP contribution in [0.3, 0.4) is 0 Å². The van der Waals surface area contributed by atoms with Crippen LogP contribution in [0.15, 0.2) is 16.6 Å². The van der Waals surface area contributed by atoms with Gasteiger partial charge in [0.1, 0.15) is 11.8 Å². The van der Waals surface area contributed by atoms with Crippen LogP contribution in [-0.2, 0) is 0 Å². The van der Waals surface area contributed by atoms with Crippen LogP contribution >= 0.6 is 15.9 Å². The van der Waals surface area contributed by atoms with Gasteiger partial charge in [-0.3, -0.25) is 0 Å². The number of hydrogen-bond donors (Lipinski definition) is 2. The summed E-state index contributed by atoms with van der Waals surface area (Å²) < 4.78 is 0.789. The van der Waals surface area contributed by atoms with Crippen LogP contribution in [0.25, 0.3) is 0 Å². The Balaban J connectivity index is 2.34. The normalized spacial score (nSPS) is 18.3. The van der Waals surface area contributed by atoms with Gasteiger partial charge in [0.05, 0.1) is 5.56 Å². The zero-order chi connectivity index (χ0) is 13.1. The quantitative estimate of drug-likeness (QED) is 0.877. The second kappa shape index (κ2) is 5.73. The molecule has 0 heterocycles. The van der Waals surface area contributed by atoms with E-state index in [9.17, 15) is 5.11 Å². The van der Waals surface area contributed by atoms with Crippen LogP contribution in [0.2, 0.25) is 0 Å². The van der Waals surface area contributed by atoms with Crippen LogP contribution in [0.5, 0.6) is 5.75 Å². The molecule has 2 rings (SSSR count). The fourth-order valence-electron chi connectivity index (χ4n) is 2.72. The summed E-state index contributed by atoms with van der Waals surface area (Å²) in [7, 11) is 0. The Morgan fingerprint density at radius 2 is 2.00 bits per heavy atom. The van der Waals surface area contributed by atoms with Crippen LogP contribution in [-0.4, -0.2) is 5.11 Å². The molecule has 1 aliphatic rings. The summed E-state index contributed by atoms with van der Waals surface area (Å²) in [5.41, 5.74) is 7.27. The maximum Gasteiger partial charge on any atom is 0.139 e. The van der Waals surface area contributed by atoms with Crippen molar-refractivity contribution in [2.75, 3.05) is 0 Å². The van der Waals surface area contributed by atoms with Gasteiger partial charge in [-0.15, -0.1) is 0 Å². The minimum atomic E-state index is -0.201. The van der Waals surface area contributed by atoms with Crippen LogP contribution in [0.4, 0.5) is 0 Å². The van der Waals surface area contributed by atoms with Crippen molar-refractivity contribution in [1.29, 1.82) is 5.26 Å². The number of aromatic hydroxyl groups is 1. The predicted molar refractivity (Wildman–Crippen MR) is 74.0 cm³/mol. The van der Waals surface area contributed by atoms with E-state index in [1.807, 2.05) is 6.07 Å². The summed E-state index contributed by atoms with van der Waals surface area (Å²) in [5, 5.41) is 19.1. The summed E-state index contributed by atoms with van der Waals surface area (Å²) in [5.74, 6) is 0.430. The molecule has 0 aromatic heterocycles. The van der Waals surface area contributed by atoms with E-state index >= 15 is 0 Å². The number of nitrogens with two attached hydrogens (primary N) is 1. The van der Waals surface area contributed by atoms with Gasteiger partial charge in [0, 0.05) is 16.1 Å². The highest BCUT2D eigenvalue weighted by Crippen LogP contribution is 2.40. The maximum absolute atomic E-state index is 10.1. The fourth-order valence-corrected chi connectivity index (χ4v) is 3.30. The Hall–Kier alpha value is -1.05. The number of hydrogen-bond acceptors (Lipinski definition) is 3. The lowest BCUT2D eigenvalue weighted by Crippen LogP contribution is -2.24. The Morgan fingerprint density at radius 3 is 2.61 bits per heavy atom.